The number of hydrogen-bond acceptors (Lipinski definition) is 7. The van der Waals surface area contributed by atoms with Crippen molar-refractivity contribution in [1.29, 1.82) is 0 Å². The molecule has 4 aromatic rings. The van der Waals surface area contributed by atoms with E-state index in [1.807, 2.05) is 6.07 Å². The Hall–Kier alpha value is -3.38. The van der Waals surface area contributed by atoms with Crippen molar-refractivity contribution in [3.63, 3.8) is 0 Å². The molecule has 0 spiro atoms. The average Bonchev–Trinajstić information content (AvgIpc) is 3.20. The van der Waals surface area contributed by atoms with Crippen LogP contribution in [0.25, 0.3) is 10.9 Å². The SMILES string of the molecule is Nc1ccc(F)c(S(=O)(=O)Nc2cccc(C(O)CNCCOc3ccc4c(Cl)[nH]nc4c3)c2)c1. The van der Waals surface area contributed by atoms with Gasteiger partial charge in [0.05, 0.1) is 11.6 Å². The molecule has 184 valence electrons. The van der Waals surface area contributed by atoms with Crippen LogP contribution in [0.2, 0.25) is 5.15 Å². The molecule has 0 aliphatic carbocycles. The van der Waals surface area contributed by atoms with Gasteiger partial charge in [0, 0.05) is 35.9 Å². The minimum Gasteiger partial charge on any atom is -0.492 e. The van der Waals surface area contributed by atoms with Gasteiger partial charge in [-0.15, -0.1) is 0 Å². The molecule has 4 rings (SSSR count). The van der Waals surface area contributed by atoms with Gasteiger partial charge in [0.15, 0.2) is 0 Å². The number of aromatic nitrogens is 2. The first kappa shape index (κ1) is 24.7. The van der Waals surface area contributed by atoms with Crippen LogP contribution in [0.5, 0.6) is 5.75 Å². The van der Waals surface area contributed by atoms with E-state index in [0.29, 0.717) is 35.1 Å². The number of aromatic amines is 1. The molecule has 0 aliphatic rings. The number of fused-ring (bicyclic) bond motifs is 1. The summed E-state index contributed by atoms with van der Waals surface area (Å²) in [5.41, 5.74) is 7.07. The summed E-state index contributed by atoms with van der Waals surface area (Å²) in [6.45, 7) is 1.01. The predicted molar refractivity (Wildman–Crippen MR) is 132 cm³/mol. The topological polar surface area (TPSA) is 142 Å². The number of sulfonamides is 1. The number of benzene rings is 3. The molecule has 0 amide bonds. The first-order chi connectivity index (χ1) is 16.7. The van der Waals surface area contributed by atoms with Gasteiger partial charge < -0.3 is 20.9 Å². The second-order valence-corrected chi connectivity index (χ2v) is 9.73. The summed E-state index contributed by atoms with van der Waals surface area (Å²) in [7, 11) is -4.20. The predicted octanol–water partition coefficient (Wildman–Crippen LogP) is 3.44. The zero-order valence-electron chi connectivity index (χ0n) is 18.3. The lowest BCUT2D eigenvalue weighted by molar-refractivity contribution is 0.172. The number of halogens is 2. The molecule has 6 N–H and O–H groups in total. The van der Waals surface area contributed by atoms with E-state index in [1.54, 1.807) is 24.3 Å². The normalized spacial score (nSPS) is 12.5. The second kappa shape index (κ2) is 10.5. The zero-order valence-corrected chi connectivity index (χ0v) is 19.9. The monoisotopic (exact) mass is 519 g/mol. The molecular formula is C23H23ClFN5O4S. The minimum atomic E-state index is -4.20. The van der Waals surface area contributed by atoms with Gasteiger partial charge in [0.2, 0.25) is 0 Å². The molecule has 0 radical (unpaired) electrons. The van der Waals surface area contributed by atoms with Gasteiger partial charge in [-0.05, 0) is 48.0 Å². The van der Waals surface area contributed by atoms with Gasteiger partial charge in [0.1, 0.15) is 28.2 Å². The Morgan fingerprint density at radius 1 is 1.17 bits per heavy atom. The molecule has 35 heavy (non-hydrogen) atoms. The molecule has 0 saturated heterocycles. The van der Waals surface area contributed by atoms with E-state index in [0.717, 1.165) is 17.5 Å². The van der Waals surface area contributed by atoms with Crippen LogP contribution < -0.4 is 20.5 Å². The fourth-order valence-corrected chi connectivity index (χ4v) is 4.76. The number of aliphatic hydroxyl groups is 1. The van der Waals surface area contributed by atoms with Gasteiger partial charge in [-0.1, -0.05) is 23.7 Å². The van der Waals surface area contributed by atoms with Crippen LogP contribution in [0.1, 0.15) is 11.7 Å². The molecule has 0 aliphatic heterocycles. The molecule has 0 fully saturated rings. The summed E-state index contributed by atoms with van der Waals surface area (Å²) in [5.74, 6) is -0.276. The number of nitrogens with two attached hydrogens (primary N) is 1. The van der Waals surface area contributed by atoms with Crippen molar-refractivity contribution in [3.8, 4) is 5.75 Å². The largest absolute Gasteiger partial charge is 0.492 e. The van der Waals surface area contributed by atoms with Crippen molar-refractivity contribution in [3.05, 3.63) is 77.2 Å². The molecule has 0 bridgehead atoms. The number of nitrogen functional groups attached to an aromatic ring is 1. The van der Waals surface area contributed by atoms with Crippen molar-refractivity contribution in [2.45, 2.75) is 11.0 Å². The zero-order chi connectivity index (χ0) is 25.0. The number of aliphatic hydroxyl groups excluding tert-OH is 1. The molecular weight excluding hydrogens is 497 g/mol. The number of ether oxygens (including phenoxy) is 1. The first-order valence-electron chi connectivity index (χ1n) is 10.6. The lowest BCUT2D eigenvalue weighted by Crippen LogP contribution is -2.26. The van der Waals surface area contributed by atoms with Crippen LogP contribution >= 0.6 is 11.6 Å². The highest BCUT2D eigenvalue weighted by Crippen LogP contribution is 2.25. The summed E-state index contributed by atoms with van der Waals surface area (Å²) in [4.78, 5) is -0.556. The van der Waals surface area contributed by atoms with Gasteiger partial charge in [0.25, 0.3) is 10.0 Å². The minimum absolute atomic E-state index is 0.122. The van der Waals surface area contributed by atoms with Crippen LogP contribution in [0.15, 0.2) is 65.6 Å². The third-order valence-corrected chi connectivity index (χ3v) is 6.82. The van der Waals surface area contributed by atoms with Gasteiger partial charge >= 0.3 is 0 Å². The van der Waals surface area contributed by atoms with Crippen molar-refractivity contribution in [1.82, 2.24) is 15.5 Å². The maximum atomic E-state index is 14.0. The lowest BCUT2D eigenvalue weighted by atomic mass is 10.1. The fraction of sp³-hybridized carbons (Fsp3) is 0.174. The molecule has 12 heteroatoms. The molecule has 1 aromatic heterocycles. The van der Waals surface area contributed by atoms with E-state index in [4.69, 9.17) is 22.1 Å². The number of H-pyrrole nitrogens is 1. The highest BCUT2D eigenvalue weighted by atomic mass is 35.5. The summed E-state index contributed by atoms with van der Waals surface area (Å²) >= 11 is 5.99. The van der Waals surface area contributed by atoms with Crippen molar-refractivity contribution < 1.29 is 22.7 Å². The van der Waals surface area contributed by atoms with Crippen molar-refractivity contribution >= 4 is 43.9 Å². The number of nitrogens with zero attached hydrogens (tertiary/aromatic N) is 1. The highest BCUT2D eigenvalue weighted by Gasteiger charge is 2.20. The Bertz CT molecular complexity index is 1450. The van der Waals surface area contributed by atoms with Crippen molar-refractivity contribution in [2.24, 2.45) is 0 Å². The third-order valence-electron chi connectivity index (χ3n) is 5.13. The van der Waals surface area contributed by atoms with E-state index in [9.17, 15) is 17.9 Å². The van der Waals surface area contributed by atoms with E-state index >= 15 is 0 Å². The van der Waals surface area contributed by atoms with Gasteiger partial charge in [-0.2, -0.15) is 5.10 Å². The number of anilines is 2. The molecule has 1 atom stereocenters. The molecule has 1 unspecified atom stereocenters. The van der Waals surface area contributed by atoms with Crippen LogP contribution in [0, 0.1) is 5.82 Å². The highest BCUT2D eigenvalue weighted by molar-refractivity contribution is 7.92. The Morgan fingerprint density at radius 3 is 2.83 bits per heavy atom. The van der Waals surface area contributed by atoms with Crippen LogP contribution in [-0.4, -0.2) is 43.4 Å². The van der Waals surface area contributed by atoms with Gasteiger partial charge in [-0.25, -0.2) is 12.8 Å². The summed E-state index contributed by atoms with van der Waals surface area (Å²) in [6.07, 6.45) is -0.911. The third kappa shape index (κ3) is 6.01. The Labute approximate surface area is 206 Å². The van der Waals surface area contributed by atoms with Crippen LogP contribution in [0.3, 0.4) is 0 Å². The van der Waals surface area contributed by atoms with E-state index < -0.39 is 26.8 Å². The second-order valence-electron chi connectivity index (χ2n) is 7.71. The molecule has 9 nitrogen and oxygen atoms in total. The summed E-state index contributed by atoms with van der Waals surface area (Å²) in [6, 6.07) is 14.9. The number of nitrogens with one attached hydrogen (secondary N) is 3. The van der Waals surface area contributed by atoms with Crippen LogP contribution in [-0.2, 0) is 10.0 Å². The van der Waals surface area contributed by atoms with E-state index in [2.05, 4.69) is 20.2 Å². The summed E-state index contributed by atoms with van der Waals surface area (Å²) < 4.78 is 47.2. The maximum absolute atomic E-state index is 14.0. The fourth-order valence-electron chi connectivity index (χ4n) is 3.39. The standard InChI is InChI=1S/C23H23ClFN5O4S/c24-23-18-6-5-17(12-20(18)28-29-23)34-9-8-27-13-21(31)14-2-1-3-16(10-14)30-35(32,33)22-11-15(26)4-7-19(22)25/h1-7,10-12,21,27,30-31H,8-9,13,26H2,(H,28,29). The average molecular weight is 520 g/mol. The number of hydrogen-bond donors (Lipinski definition) is 5. The van der Waals surface area contributed by atoms with E-state index in [1.165, 1.54) is 18.2 Å². The summed E-state index contributed by atoms with van der Waals surface area (Å²) in [5, 5.41) is 21.6. The van der Waals surface area contributed by atoms with E-state index in [-0.39, 0.29) is 17.9 Å². The smallest absolute Gasteiger partial charge is 0.264 e. The first-order valence-corrected chi connectivity index (χ1v) is 12.4. The lowest BCUT2D eigenvalue weighted by Gasteiger charge is -2.15. The van der Waals surface area contributed by atoms with Gasteiger partial charge in [-0.3, -0.25) is 9.82 Å². The Kier molecular flexibility index (Phi) is 7.41. The molecule has 1 heterocycles. The maximum Gasteiger partial charge on any atom is 0.264 e. The van der Waals surface area contributed by atoms with Crippen molar-refractivity contribution in [2.75, 3.05) is 30.2 Å². The Morgan fingerprint density at radius 2 is 2.00 bits per heavy atom. The Balaban J connectivity index is 1.29. The molecule has 3 aromatic carbocycles. The molecule has 0 saturated carbocycles. The quantitative estimate of drug-likeness (QED) is 0.159. The van der Waals surface area contributed by atoms with Crippen LogP contribution in [0.4, 0.5) is 15.8 Å². The number of rotatable bonds is 10.